The monoisotopic (exact) mass is 302 g/mol. The lowest BCUT2D eigenvalue weighted by Gasteiger charge is -2.20. The fourth-order valence-corrected chi connectivity index (χ4v) is 3.86. The van der Waals surface area contributed by atoms with Gasteiger partial charge in [0.25, 0.3) is 0 Å². The summed E-state index contributed by atoms with van der Waals surface area (Å²) < 4.78 is 0. The number of hydrogen-bond acceptors (Lipinski definition) is 4. The molecule has 1 aliphatic rings. The lowest BCUT2D eigenvalue weighted by Crippen LogP contribution is -2.24. The van der Waals surface area contributed by atoms with Gasteiger partial charge in [0.1, 0.15) is 0 Å². The van der Waals surface area contributed by atoms with Gasteiger partial charge in [-0.3, -0.25) is 4.90 Å². The smallest absolute Gasteiger partial charge is 0.0772 e. The van der Waals surface area contributed by atoms with Crippen molar-refractivity contribution in [2.75, 3.05) is 6.54 Å². The van der Waals surface area contributed by atoms with Crippen LogP contribution in [0.1, 0.15) is 27.5 Å². The highest BCUT2D eigenvalue weighted by molar-refractivity contribution is 7.12. The minimum Gasteiger partial charge on any atom is -0.320 e. The molecule has 0 radical (unpaired) electrons. The third-order valence-corrected chi connectivity index (χ3v) is 5.18. The molecule has 2 nitrogen and oxygen atoms in total. The van der Waals surface area contributed by atoms with Crippen LogP contribution in [0.3, 0.4) is 0 Å². The molecule has 0 aliphatic heterocycles. The van der Waals surface area contributed by atoms with Gasteiger partial charge in [-0.1, -0.05) is 17.9 Å². The van der Waals surface area contributed by atoms with Crippen LogP contribution in [0.25, 0.3) is 0 Å². The van der Waals surface area contributed by atoms with Crippen LogP contribution in [0.5, 0.6) is 0 Å². The molecule has 1 aliphatic carbocycles. The molecule has 20 heavy (non-hydrogen) atoms. The van der Waals surface area contributed by atoms with Crippen molar-refractivity contribution in [2.45, 2.75) is 32.0 Å². The van der Waals surface area contributed by atoms with Crippen LogP contribution < -0.4 is 5.73 Å². The highest BCUT2D eigenvalue weighted by Gasteiger charge is 2.29. The summed E-state index contributed by atoms with van der Waals surface area (Å²) in [6, 6.07) is 9.45. The van der Waals surface area contributed by atoms with Crippen LogP contribution in [0.4, 0.5) is 0 Å². The first-order valence-corrected chi connectivity index (χ1v) is 8.59. The zero-order valence-electron chi connectivity index (χ0n) is 11.3. The molecule has 0 aromatic carbocycles. The van der Waals surface area contributed by atoms with Crippen LogP contribution >= 0.6 is 22.7 Å². The van der Waals surface area contributed by atoms with Crippen molar-refractivity contribution in [2.24, 2.45) is 5.73 Å². The van der Waals surface area contributed by atoms with Gasteiger partial charge >= 0.3 is 0 Å². The first-order chi connectivity index (χ1) is 9.85. The Morgan fingerprint density at radius 3 is 2.75 bits per heavy atom. The van der Waals surface area contributed by atoms with Crippen LogP contribution in [0.2, 0.25) is 0 Å². The largest absolute Gasteiger partial charge is 0.320 e. The van der Waals surface area contributed by atoms with Crippen LogP contribution in [0.15, 0.2) is 29.6 Å². The van der Waals surface area contributed by atoms with Gasteiger partial charge in [0.15, 0.2) is 0 Å². The van der Waals surface area contributed by atoms with Gasteiger partial charge < -0.3 is 5.73 Å². The van der Waals surface area contributed by atoms with Crippen molar-refractivity contribution in [1.82, 2.24) is 4.90 Å². The minimum atomic E-state index is 0.430. The van der Waals surface area contributed by atoms with E-state index in [-0.39, 0.29) is 0 Å². The van der Waals surface area contributed by atoms with E-state index in [0.717, 1.165) is 24.0 Å². The number of hydrogen-bond donors (Lipinski definition) is 1. The Hall–Kier alpha value is -1.12. The quantitative estimate of drug-likeness (QED) is 0.859. The lowest BCUT2D eigenvalue weighted by atomic mass is 10.3. The topological polar surface area (TPSA) is 29.3 Å². The Kier molecular flexibility index (Phi) is 4.54. The zero-order chi connectivity index (χ0) is 13.8. The van der Waals surface area contributed by atoms with Crippen molar-refractivity contribution in [3.05, 3.63) is 44.3 Å². The summed E-state index contributed by atoms with van der Waals surface area (Å²) in [6.45, 7) is 2.54. The summed E-state index contributed by atoms with van der Waals surface area (Å²) in [4.78, 5) is 6.57. The van der Waals surface area contributed by atoms with E-state index in [1.165, 1.54) is 22.6 Å². The molecule has 4 heteroatoms. The van der Waals surface area contributed by atoms with Gasteiger partial charge in [-0.05, 0) is 36.4 Å². The summed E-state index contributed by atoms with van der Waals surface area (Å²) in [5.74, 6) is 6.03. The maximum absolute atomic E-state index is 5.41. The van der Waals surface area contributed by atoms with Crippen molar-refractivity contribution in [3.8, 4) is 11.8 Å². The molecule has 1 saturated carbocycles. The average molecular weight is 302 g/mol. The second-order valence-corrected chi connectivity index (χ2v) is 7.19. The molecule has 2 heterocycles. The normalized spacial score (nSPS) is 14.3. The van der Waals surface area contributed by atoms with Gasteiger partial charge in [-0.25, -0.2) is 0 Å². The number of thiophene rings is 2. The van der Waals surface area contributed by atoms with Crippen LogP contribution in [0, 0.1) is 11.8 Å². The van der Waals surface area contributed by atoms with E-state index in [9.17, 15) is 0 Å². The number of nitrogens with zero attached hydrogens (tertiary/aromatic N) is 1. The fraction of sp³-hybridized carbons (Fsp3) is 0.375. The van der Waals surface area contributed by atoms with Gasteiger partial charge in [0.05, 0.1) is 11.4 Å². The molecule has 0 spiro atoms. The summed E-state index contributed by atoms with van der Waals surface area (Å²) in [5.41, 5.74) is 5.41. The van der Waals surface area contributed by atoms with Crippen molar-refractivity contribution >= 4 is 22.7 Å². The summed E-state index contributed by atoms with van der Waals surface area (Å²) >= 11 is 3.64. The molecule has 0 saturated heterocycles. The lowest BCUT2D eigenvalue weighted by molar-refractivity contribution is 0.250. The summed E-state index contributed by atoms with van der Waals surface area (Å²) in [7, 11) is 0. The summed E-state index contributed by atoms with van der Waals surface area (Å²) in [5, 5.41) is 2.16. The Bertz CT molecular complexity index is 600. The molecule has 0 bridgehead atoms. The van der Waals surface area contributed by atoms with E-state index < -0.39 is 0 Å². The Morgan fingerprint density at radius 1 is 1.20 bits per heavy atom. The molecule has 1 fully saturated rings. The van der Waals surface area contributed by atoms with E-state index in [1.54, 1.807) is 11.3 Å². The first-order valence-electron chi connectivity index (χ1n) is 6.89. The predicted octanol–water partition coefficient (Wildman–Crippen LogP) is 3.28. The average Bonchev–Trinajstić information content (AvgIpc) is 3.00. The number of rotatable bonds is 5. The molecule has 2 aromatic rings. The summed E-state index contributed by atoms with van der Waals surface area (Å²) in [6.07, 6.45) is 2.69. The third kappa shape index (κ3) is 3.71. The van der Waals surface area contributed by atoms with Crippen molar-refractivity contribution < 1.29 is 0 Å². The SMILES string of the molecule is NCC#Cc1ccc(CN(Cc2cccs2)C2CC2)s1. The van der Waals surface area contributed by atoms with E-state index in [1.807, 2.05) is 11.3 Å². The van der Waals surface area contributed by atoms with Crippen LogP contribution in [-0.4, -0.2) is 17.5 Å². The molecule has 0 unspecified atom stereocenters. The molecule has 2 N–H and O–H groups in total. The Labute approximate surface area is 128 Å². The second kappa shape index (κ2) is 6.55. The fourth-order valence-electron chi connectivity index (χ4n) is 2.22. The Balaban J connectivity index is 1.65. The second-order valence-electron chi connectivity index (χ2n) is 4.99. The molecule has 2 aromatic heterocycles. The van der Waals surface area contributed by atoms with E-state index >= 15 is 0 Å². The van der Waals surface area contributed by atoms with E-state index in [4.69, 9.17) is 5.73 Å². The standard InChI is InChI=1S/C16H18N2S2/c17-9-1-3-14-7-8-16(20-14)12-18(13-5-6-13)11-15-4-2-10-19-15/h2,4,7-8,10,13H,5-6,9,11-12,17H2. The maximum atomic E-state index is 5.41. The maximum Gasteiger partial charge on any atom is 0.0772 e. The van der Waals surface area contributed by atoms with Crippen molar-refractivity contribution in [3.63, 3.8) is 0 Å². The van der Waals surface area contributed by atoms with Crippen molar-refractivity contribution in [1.29, 1.82) is 0 Å². The molecule has 104 valence electrons. The van der Waals surface area contributed by atoms with Gasteiger partial charge in [0.2, 0.25) is 0 Å². The highest BCUT2D eigenvalue weighted by atomic mass is 32.1. The Morgan fingerprint density at radius 2 is 2.05 bits per heavy atom. The minimum absolute atomic E-state index is 0.430. The van der Waals surface area contributed by atoms with Crippen LogP contribution in [-0.2, 0) is 13.1 Å². The molecule has 3 rings (SSSR count). The molecular weight excluding hydrogens is 284 g/mol. The molecule has 0 amide bonds. The first kappa shape index (κ1) is 13.8. The van der Waals surface area contributed by atoms with Gasteiger partial charge in [-0.15, -0.1) is 22.7 Å². The predicted molar refractivity (Wildman–Crippen MR) is 86.8 cm³/mol. The number of nitrogens with two attached hydrogens (primary N) is 1. The van der Waals surface area contributed by atoms with Gasteiger partial charge in [0, 0.05) is 28.9 Å². The van der Waals surface area contributed by atoms with E-state index in [0.29, 0.717) is 6.54 Å². The van der Waals surface area contributed by atoms with E-state index in [2.05, 4.69) is 46.4 Å². The molecule has 0 atom stereocenters. The van der Waals surface area contributed by atoms with Gasteiger partial charge in [-0.2, -0.15) is 0 Å². The zero-order valence-corrected chi connectivity index (χ0v) is 13.0. The highest BCUT2D eigenvalue weighted by Crippen LogP contribution is 2.31. The third-order valence-electron chi connectivity index (χ3n) is 3.34. The molecular formula is C16H18N2S2.